The lowest BCUT2D eigenvalue weighted by Crippen LogP contribution is -2.45. The number of carbonyl (C=O) groups excluding carboxylic acids is 4. The molecule has 29 N–H and O–H groups in total. The summed E-state index contributed by atoms with van der Waals surface area (Å²) in [5.41, 5.74) is 58.7. The summed E-state index contributed by atoms with van der Waals surface area (Å²) in [4.78, 5) is 77.7. The second kappa shape index (κ2) is 122. The maximum Gasteiger partial charge on any atom is 0.243 e. The standard InChI is InChI=1S/C69H156N20O2S2.C27H66N10.C11H17NO2S2/c1-5-9-10-17-47-85(60-63-88(55-38-79-34-26-71)56-40-80-39-52-83(43-8-4)49-28-73)59-61-87(51-30-75)54-37-78-33-24-69(91)81-41-67-93-92-66-21-23-68(90)22-14-11-16-32-77-36-53-86(50-29-74)62-65-89(57-35-76-31-6-2)64-58-84(45-18-12-15-25-70)46-20-13-19-44-82(42-7-3)48-27-72;1-3-5-6-7-17-35(24-26-36(19-10-30)20-11-31)25-27-37(22-13-32-12-8-28)23-15-33-14-21-34(16-4-2)18-9-29;1-3-10(13)6-5-8-15-16-9-7-12-11(14)4-2/h76-80H,5-67,70-75H2,1-4H3,(H,81,91);32-33H,3-31H2,1-2H3;3-4H,1-2,5-9H2,(H,12,14). The molecule has 0 radical (unpaired) electrons. The van der Waals surface area contributed by atoms with Gasteiger partial charge in [0.1, 0.15) is 5.78 Å². The van der Waals surface area contributed by atoms with Gasteiger partial charge in [-0.1, -0.05) is 156 Å². The third kappa shape index (κ3) is 106. The number of nitrogens with two attached hydrogens (primary N) is 10. The molecule has 0 bridgehead atoms. The molecular formula is C107H239N31O4S4. The molecular weight excluding hydrogens is 1910 g/mol. The van der Waals surface area contributed by atoms with Crippen molar-refractivity contribution in [2.75, 3.05) is 429 Å². The molecule has 2 amide bonds. The van der Waals surface area contributed by atoms with E-state index in [1.54, 1.807) is 32.4 Å². The molecule has 0 spiro atoms. The maximum absolute atomic E-state index is 12.7. The molecule has 870 valence electrons. The number of allylic oxidation sites excluding steroid dienone is 1. The van der Waals surface area contributed by atoms with Crippen molar-refractivity contribution in [3.05, 3.63) is 25.3 Å². The van der Waals surface area contributed by atoms with Crippen LogP contribution in [0.5, 0.6) is 0 Å². The predicted octanol–water partition coefficient (Wildman–Crippen LogP) is 4.45. The van der Waals surface area contributed by atoms with Crippen molar-refractivity contribution in [1.82, 2.24) is 107 Å². The SMILES string of the molecule is C=CC(=O)CCCSSCCNC(=O)C=C.CCCCCCN(CCN(CCN)CCN)CCN(CCNCCN)CCNCCN(CCC)CCN.CCCCCCN(CCN(CCN)CCNCCC(=O)NCCSSCCCC(=O)CCCCCNCCN(CCN)CCN(CCNCCC)CCN(CCCCCN)CCCCCN(CCC)CCN)CCN(CCNCCN)CCNCCN(CCC)CCN. The Balaban J connectivity index is -0.00000312. The lowest BCUT2D eigenvalue weighted by atomic mass is 10.1. The molecule has 0 aliphatic carbocycles. The molecule has 0 aromatic carbocycles. The predicted molar refractivity (Wildman–Crippen MR) is 643 cm³/mol. The minimum Gasteiger partial charge on any atom is -0.355 e. The van der Waals surface area contributed by atoms with Gasteiger partial charge in [0.25, 0.3) is 0 Å². The van der Waals surface area contributed by atoms with Crippen LogP contribution in [0.2, 0.25) is 0 Å². The Morgan fingerprint density at radius 2 is 0.479 bits per heavy atom. The highest BCUT2D eigenvalue weighted by molar-refractivity contribution is 8.77. The van der Waals surface area contributed by atoms with E-state index in [1.807, 2.05) is 10.8 Å². The van der Waals surface area contributed by atoms with Crippen LogP contribution in [0.15, 0.2) is 25.3 Å². The fourth-order valence-corrected chi connectivity index (χ4v) is 21.0. The number of Topliss-reactive ketones (excluding diaryl/α,β-unsaturated/α-hetero) is 1. The van der Waals surface area contributed by atoms with Crippen LogP contribution < -0.4 is 105 Å². The zero-order chi connectivity index (χ0) is 108. The highest BCUT2D eigenvalue weighted by Gasteiger charge is 2.19. The first-order valence-corrected chi connectivity index (χ1v) is 63.5. The minimum absolute atomic E-state index is 0.0890. The number of amides is 2. The second-order valence-electron chi connectivity index (χ2n) is 38.6. The van der Waals surface area contributed by atoms with Gasteiger partial charge in [0.2, 0.25) is 11.8 Å². The first kappa shape index (κ1) is 148. The van der Waals surface area contributed by atoms with Gasteiger partial charge >= 0.3 is 0 Å². The molecule has 0 saturated heterocycles. The van der Waals surface area contributed by atoms with Crippen LogP contribution in [0, 0.1) is 0 Å². The number of unbranched alkanes of at least 4 members (excludes halogenated alkanes) is 12. The van der Waals surface area contributed by atoms with Gasteiger partial charge in [-0.2, -0.15) is 0 Å². The topological polar surface area (TPSA) is 476 Å². The summed E-state index contributed by atoms with van der Waals surface area (Å²) in [7, 11) is 7.00. The zero-order valence-electron chi connectivity index (χ0n) is 95.2. The number of ketones is 2. The molecule has 35 nitrogen and oxygen atoms in total. The van der Waals surface area contributed by atoms with Crippen molar-refractivity contribution in [2.24, 2.45) is 57.3 Å². The van der Waals surface area contributed by atoms with Crippen molar-refractivity contribution in [3.8, 4) is 0 Å². The maximum atomic E-state index is 12.7. The van der Waals surface area contributed by atoms with E-state index in [1.165, 1.54) is 122 Å². The van der Waals surface area contributed by atoms with Crippen molar-refractivity contribution >= 4 is 66.6 Å². The molecule has 0 rings (SSSR count). The van der Waals surface area contributed by atoms with E-state index in [-0.39, 0.29) is 17.6 Å². The summed E-state index contributed by atoms with van der Waals surface area (Å²) in [6, 6.07) is 0. The number of nitrogens with zero attached hydrogens (tertiary/aromatic N) is 12. The van der Waals surface area contributed by atoms with Crippen LogP contribution in [-0.2, 0) is 19.2 Å². The lowest BCUT2D eigenvalue weighted by Gasteiger charge is -2.30. The minimum atomic E-state index is -0.137. The average Bonchev–Trinajstić information content (AvgIpc) is 0.944. The molecule has 0 fully saturated rings. The number of rotatable bonds is 119. The summed E-state index contributed by atoms with van der Waals surface area (Å²) >= 11 is 0. The van der Waals surface area contributed by atoms with Crippen molar-refractivity contribution in [2.45, 2.75) is 215 Å². The van der Waals surface area contributed by atoms with Gasteiger partial charge in [0, 0.05) is 382 Å². The molecule has 0 unspecified atom stereocenters. The average molecular weight is 2150 g/mol. The van der Waals surface area contributed by atoms with Gasteiger partial charge in [-0.25, -0.2) is 0 Å². The van der Waals surface area contributed by atoms with Crippen molar-refractivity contribution < 1.29 is 19.2 Å². The summed E-state index contributed by atoms with van der Waals surface area (Å²) < 4.78 is 0. The van der Waals surface area contributed by atoms with Gasteiger partial charge in [-0.3, -0.25) is 48.6 Å². The van der Waals surface area contributed by atoms with E-state index >= 15 is 0 Å². The molecule has 0 aliphatic rings. The second-order valence-corrected chi connectivity index (χ2v) is 44.0. The molecule has 0 aromatic rings. The Morgan fingerprint density at radius 1 is 0.205 bits per heavy atom. The van der Waals surface area contributed by atoms with E-state index in [0.29, 0.717) is 96.9 Å². The molecule has 0 atom stereocenters. The molecule has 0 aliphatic heterocycles. The van der Waals surface area contributed by atoms with Gasteiger partial charge in [0.05, 0.1) is 0 Å². The summed E-state index contributed by atoms with van der Waals surface area (Å²) in [6.45, 7) is 79.4. The van der Waals surface area contributed by atoms with Crippen molar-refractivity contribution in [3.63, 3.8) is 0 Å². The first-order chi connectivity index (χ1) is 71.5. The number of hydrogen-bond donors (Lipinski definition) is 19. The van der Waals surface area contributed by atoms with E-state index in [4.69, 9.17) is 57.3 Å². The molecule has 39 heteroatoms. The van der Waals surface area contributed by atoms with Crippen LogP contribution in [0.25, 0.3) is 0 Å². The van der Waals surface area contributed by atoms with Crippen molar-refractivity contribution in [1.29, 1.82) is 0 Å². The Hall–Kier alpha value is -2.00. The van der Waals surface area contributed by atoms with E-state index in [2.05, 4.69) is 161 Å². The first-order valence-electron chi connectivity index (χ1n) is 58.5. The Labute approximate surface area is 912 Å². The monoisotopic (exact) mass is 2150 g/mol. The number of carbonyl (C=O) groups is 4. The van der Waals surface area contributed by atoms with Crippen LogP contribution in [0.1, 0.15) is 215 Å². The third-order valence-electron chi connectivity index (χ3n) is 25.7. The van der Waals surface area contributed by atoms with E-state index in [0.717, 1.165) is 402 Å². The van der Waals surface area contributed by atoms with Gasteiger partial charge in [-0.15, -0.1) is 0 Å². The Bertz CT molecular complexity index is 2640. The summed E-state index contributed by atoms with van der Waals surface area (Å²) in [5, 5.41) is 30.9. The smallest absolute Gasteiger partial charge is 0.243 e. The Kier molecular flexibility index (Phi) is 123. The zero-order valence-corrected chi connectivity index (χ0v) is 98.5. The lowest BCUT2D eigenvalue weighted by molar-refractivity contribution is -0.121. The summed E-state index contributed by atoms with van der Waals surface area (Å²) in [5.74, 6) is 4.05. The highest BCUT2D eigenvalue weighted by Crippen LogP contribution is 2.23. The van der Waals surface area contributed by atoms with Crippen LogP contribution >= 0.6 is 43.2 Å². The molecule has 0 heterocycles. The molecule has 146 heavy (non-hydrogen) atoms. The van der Waals surface area contributed by atoms with Crippen LogP contribution in [0.3, 0.4) is 0 Å². The van der Waals surface area contributed by atoms with Crippen LogP contribution in [0.4, 0.5) is 0 Å². The van der Waals surface area contributed by atoms with Gasteiger partial charge < -0.3 is 135 Å². The number of nitrogens with one attached hydrogen (secondary N) is 9. The normalized spacial score (nSPS) is 11.9. The molecule has 0 saturated carbocycles. The fraction of sp³-hybridized carbons (Fsp3) is 0.925. The third-order valence-corrected chi connectivity index (χ3v) is 30.7. The highest BCUT2D eigenvalue weighted by atomic mass is 33.1. The van der Waals surface area contributed by atoms with Crippen LogP contribution in [-0.4, -0.2) is 511 Å². The quantitative estimate of drug-likeness (QED) is 0.0227. The largest absolute Gasteiger partial charge is 0.355 e. The fourth-order valence-electron chi connectivity index (χ4n) is 17.0. The van der Waals surface area contributed by atoms with E-state index in [9.17, 15) is 19.2 Å². The van der Waals surface area contributed by atoms with E-state index < -0.39 is 0 Å². The van der Waals surface area contributed by atoms with Gasteiger partial charge in [-0.05, 0) is 174 Å². The van der Waals surface area contributed by atoms with Gasteiger partial charge in [0.15, 0.2) is 5.78 Å². The number of hydrogen-bond acceptors (Lipinski definition) is 37. The molecule has 0 aromatic heterocycles. The Morgan fingerprint density at radius 3 is 0.822 bits per heavy atom. The summed E-state index contributed by atoms with van der Waals surface area (Å²) in [6.07, 6.45) is 32.2.